The van der Waals surface area contributed by atoms with Crippen LogP contribution < -0.4 is 5.32 Å². The molecule has 0 spiro atoms. The van der Waals surface area contributed by atoms with Crippen LogP contribution in [0.1, 0.15) is 66.9 Å². The number of phenolic OH excluding ortho intramolecular Hbond substituents is 2. The number of allylic oxidation sites excluding steroid dienone is 1. The zero-order valence-electron chi connectivity index (χ0n) is 18.6. The highest BCUT2D eigenvalue weighted by atomic mass is 35.5. The molecular weight excluding hydrogens is 426 g/mol. The van der Waals surface area contributed by atoms with Crippen molar-refractivity contribution in [1.82, 2.24) is 5.32 Å². The average molecular weight is 460 g/mol. The molecule has 0 radical (unpaired) electrons. The predicted octanol–water partition coefficient (Wildman–Crippen LogP) is 5.63. The van der Waals surface area contributed by atoms with E-state index in [9.17, 15) is 15.0 Å². The number of rotatable bonds is 4. The van der Waals surface area contributed by atoms with Gasteiger partial charge in [0.2, 0.25) is 0 Å². The van der Waals surface area contributed by atoms with Crippen LogP contribution in [-0.2, 0) is 11.2 Å². The zero-order chi connectivity index (χ0) is 22.1. The molecule has 0 aromatic heterocycles. The van der Waals surface area contributed by atoms with Crippen LogP contribution >= 0.6 is 12.4 Å². The third-order valence-corrected chi connectivity index (χ3v) is 5.72. The molecule has 2 aromatic carbocycles. The monoisotopic (exact) mass is 459 g/mol. The quantitative estimate of drug-likeness (QED) is 0.516. The number of phenols is 2. The lowest BCUT2D eigenvalue weighted by molar-refractivity contribution is 0.0315. The molecule has 0 saturated carbocycles. The fourth-order valence-corrected chi connectivity index (χ4v) is 4.05. The van der Waals surface area contributed by atoms with Crippen molar-refractivity contribution in [3.63, 3.8) is 0 Å². The van der Waals surface area contributed by atoms with Crippen molar-refractivity contribution in [1.29, 1.82) is 0 Å². The van der Waals surface area contributed by atoms with Crippen LogP contribution in [0.25, 0.3) is 6.08 Å². The maximum Gasteiger partial charge on any atom is 0.342 e. The maximum atomic E-state index is 12.6. The van der Waals surface area contributed by atoms with Crippen molar-refractivity contribution in [2.45, 2.75) is 64.0 Å². The molecule has 0 unspecified atom stereocenters. The highest BCUT2D eigenvalue weighted by Crippen LogP contribution is 2.30. The van der Waals surface area contributed by atoms with Gasteiger partial charge in [0.05, 0.1) is 6.10 Å². The summed E-state index contributed by atoms with van der Waals surface area (Å²) < 4.78 is 5.58. The molecular formula is C26H34ClNO4. The van der Waals surface area contributed by atoms with Gasteiger partial charge in [0, 0.05) is 12.1 Å². The number of hydrogen-bond acceptors (Lipinski definition) is 5. The lowest BCUT2D eigenvalue weighted by atomic mass is 10.00. The van der Waals surface area contributed by atoms with Gasteiger partial charge < -0.3 is 20.3 Å². The van der Waals surface area contributed by atoms with Gasteiger partial charge in [-0.15, -0.1) is 12.4 Å². The van der Waals surface area contributed by atoms with Gasteiger partial charge in [-0.1, -0.05) is 42.5 Å². The van der Waals surface area contributed by atoms with E-state index in [-0.39, 0.29) is 35.6 Å². The van der Waals surface area contributed by atoms with Gasteiger partial charge in [0.15, 0.2) is 0 Å². The van der Waals surface area contributed by atoms with E-state index in [1.54, 1.807) is 6.08 Å². The number of aromatic hydroxyl groups is 2. The topological polar surface area (TPSA) is 78.8 Å². The predicted molar refractivity (Wildman–Crippen MR) is 131 cm³/mol. The SMILES string of the molecule is C[C@H]1CCC[C@@H](NCCc2ccccc2)CCCC=Cc2cc(O)cc(O)c2C(=O)O1.Cl. The first-order valence-electron chi connectivity index (χ1n) is 11.2. The van der Waals surface area contributed by atoms with Crippen LogP contribution in [0, 0.1) is 0 Å². The molecule has 2 aromatic rings. The number of halogens is 1. The van der Waals surface area contributed by atoms with Crippen molar-refractivity contribution in [3.8, 4) is 11.5 Å². The Kier molecular flexibility index (Phi) is 10.6. The van der Waals surface area contributed by atoms with Crippen LogP contribution in [-0.4, -0.2) is 34.9 Å². The minimum Gasteiger partial charge on any atom is -0.508 e. The molecule has 174 valence electrons. The third kappa shape index (κ3) is 7.88. The Morgan fingerprint density at radius 3 is 2.59 bits per heavy atom. The first-order valence-corrected chi connectivity index (χ1v) is 11.2. The molecule has 0 amide bonds. The first-order chi connectivity index (χ1) is 15.0. The summed E-state index contributed by atoms with van der Waals surface area (Å²) in [7, 11) is 0. The van der Waals surface area contributed by atoms with E-state index in [0.717, 1.165) is 51.5 Å². The summed E-state index contributed by atoms with van der Waals surface area (Å²) in [6.45, 7) is 2.83. The number of benzene rings is 2. The summed E-state index contributed by atoms with van der Waals surface area (Å²) in [5, 5.41) is 23.7. The summed E-state index contributed by atoms with van der Waals surface area (Å²) >= 11 is 0. The van der Waals surface area contributed by atoms with Gasteiger partial charge in [-0.05, 0) is 75.6 Å². The molecule has 3 rings (SSSR count). The van der Waals surface area contributed by atoms with Gasteiger partial charge in [0.1, 0.15) is 17.1 Å². The van der Waals surface area contributed by atoms with E-state index in [1.807, 2.05) is 19.1 Å². The van der Waals surface area contributed by atoms with Gasteiger partial charge in [-0.3, -0.25) is 0 Å². The lowest BCUT2D eigenvalue weighted by Crippen LogP contribution is -2.31. The third-order valence-electron chi connectivity index (χ3n) is 5.72. The Bertz CT molecular complexity index is 885. The molecule has 6 heteroatoms. The van der Waals surface area contributed by atoms with Crippen molar-refractivity contribution >= 4 is 24.5 Å². The fourth-order valence-electron chi connectivity index (χ4n) is 4.05. The maximum absolute atomic E-state index is 12.6. The Hall–Kier alpha value is -2.50. The van der Waals surface area contributed by atoms with E-state index >= 15 is 0 Å². The Morgan fingerprint density at radius 1 is 1.06 bits per heavy atom. The second-order valence-corrected chi connectivity index (χ2v) is 8.30. The number of carbonyl (C=O) groups is 1. The number of fused-ring (bicyclic) bond motifs is 1. The number of hydrogen-bond donors (Lipinski definition) is 3. The summed E-state index contributed by atoms with van der Waals surface area (Å²) in [4.78, 5) is 12.6. The Balaban J connectivity index is 0.00000363. The highest BCUT2D eigenvalue weighted by Gasteiger charge is 2.21. The van der Waals surface area contributed by atoms with E-state index in [2.05, 4.69) is 29.6 Å². The van der Waals surface area contributed by atoms with Gasteiger partial charge in [-0.2, -0.15) is 0 Å². The first kappa shape index (κ1) is 25.8. The molecule has 1 heterocycles. The van der Waals surface area contributed by atoms with Crippen molar-refractivity contribution in [3.05, 3.63) is 65.2 Å². The largest absolute Gasteiger partial charge is 0.508 e. The van der Waals surface area contributed by atoms with E-state index in [4.69, 9.17) is 4.74 Å². The fraction of sp³-hybridized carbons (Fsp3) is 0.423. The van der Waals surface area contributed by atoms with E-state index < -0.39 is 5.97 Å². The number of nitrogens with one attached hydrogen (secondary N) is 1. The normalized spacial score (nSPS) is 19.8. The minimum absolute atomic E-state index is 0. The molecule has 0 aliphatic carbocycles. The molecule has 5 nitrogen and oxygen atoms in total. The van der Waals surface area contributed by atoms with Crippen LogP contribution in [0.15, 0.2) is 48.5 Å². The summed E-state index contributed by atoms with van der Waals surface area (Å²) in [6, 6.07) is 13.6. The summed E-state index contributed by atoms with van der Waals surface area (Å²) in [5.74, 6) is -0.892. The number of esters is 1. The summed E-state index contributed by atoms with van der Waals surface area (Å²) in [6.07, 6.45) is 10.3. The van der Waals surface area contributed by atoms with Gasteiger partial charge >= 0.3 is 5.97 Å². The number of ether oxygens (including phenoxy) is 1. The average Bonchev–Trinajstić information content (AvgIpc) is 2.72. The van der Waals surface area contributed by atoms with Gasteiger partial charge in [0.25, 0.3) is 0 Å². The highest BCUT2D eigenvalue weighted by molar-refractivity contribution is 5.97. The van der Waals surface area contributed by atoms with Crippen molar-refractivity contribution < 1.29 is 19.7 Å². The van der Waals surface area contributed by atoms with Crippen LogP contribution in [0.3, 0.4) is 0 Å². The zero-order valence-corrected chi connectivity index (χ0v) is 19.4. The molecule has 0 bridgehead atoms. The van der Waals surface area contributed by atoms with E-state index in [0.29, 0.717) is 11.6 Å². The van der Waals surface area contributed by atoms with Crippen LogP contribution in [0.4, 0.5) is 0 Å². The smallest absolute Gasteiger partial charge is 0.342 e. The second-order valence-electron chi connectivity index (χ2n) is 8.30. The molecule has 32 heavy (non-hydrogen) atoms. The molecule has 3 N–H and O–H groups in total. The second kappa shape index (κ2) is 13.1. The Labute approximate surface area is 196 Å². The van der Waals surface area contributed by atoms with Crippen molar-refractivity contribution in [2.24, 2.45) is 0 Å². The molecule has 1 aliphatic rings. The molecule has 1 aliphatic heterocycles. The minimum atomic E-state index is -0.556. The number of carbonyl (C=O) groups excluding carboxylic acids is 1. The Morgan fingerprint density at radius 2 is 1.81 bits per heavy atom. The molecule has 0 saturated heterocycles. The lowest BCUT2D eigenvalue weighted by Gasteiger charge is -2.21. The summed E-state index contributed by atoms with van der Waals surface area (Å²) in [5.41, 5.74) is 1.92. The molecule has 2 atom stereocenters. The van der Waals surface area contributed by atoms with Crippen molar-refractivity contribution in [2.75, 3.05) is 6.54 Å². The molecule has 0 fully saturated rings. The van der Waals surface area contributed by atoms with E-state index in [1.165, 1.54) is 17.7 Å². The standard InChI is InChI=1S/C26H33NO4.ClH/c1-19-9-8-14-22(27-16-15-20-10-4-2-5-11-20)13-7-3-6-12-21-17-23(28)18-24(29)25(21)26(30)31-19;/h2,4-6,10-12,17-19,22,27-29H,3,7-9,13-16H2,1H3;1H/t19-,22-;/m0./s1. The van der Waals surface area contributed by atoms with Crippen LogP contribution in [0.5, 0.6) is 11.5 Å². The van der Waals surface area contributed by atoms with Crippen LogP contribution in [0.2, 0.25) is 0 Å². The number of cyclic esters (lactones) is 1. The van der Waals surface area contributed by atoms with Gasteiger partial charge in [-0.25, -0.2) is 4.79 Å².